The first-order valence-corrected chi connectivity index (χ1v) is 13.9. The lowest BCUT2D eigenvalue weighted by Gasteiger charge is -2.32. The van der Waals surface area contributed by atoms with Crippen LogP contribution in [0.1, 0.15) is 46.9 Å². The number of fused-ring (bicyclic) bond motifs is 1. The van der Waals surface area contributed by atoms with E-state index in [4.69, 9.17) is 38.2 Å². The number of hydrogen-bond acceptors (Lipinski definition) is 6. The van der Waals surface area contributed by atoms with Crippen LogP contribution >= 0.6 is 35.6 Å². The monoisotopic (exact) mass is 558 g/mol. The van der Waals surface area contributed by atoms with E-state index >= 15 is 0 Å². The van der Waals surface area contributed by atoms with Crippen LogP contribution in [-0.4, -0.2) is 32.0 Å². The van der Waals surface area contributed by atoms with E-state index in [1.165, 1.54) is 11.1 Å². The molecule has 0 bridgehead atoms. The molecule has 4 rings (SSSR count). The summed E-state index contributed by atoms with van der Waals surface area (Å²) in [5.74, 6) is 1.34. The average Bonchev–Trinajstić information content (AvgIpc) is 3.19. The van der Waals surface area contributed by atoms with Gasteiger partial charge in [-0.15, -0.1) is 12.4 Å². The standard InChI is InChI=1S/C25H28Cl2N2O4S.ClH/c1-16-11-19(29-33-16)15-34(30,31)10-2-9-32-20-6-4-18-5-8-25(28)22(21(18)14-20)12-17-3-7-23(26)24(27)13-17;/h3-4,6-7,11,13-14,22,25H,2,5,8-10,12,15,28H2,1H3;1H. The van der Waals surface area contributed by atoms with Crippen LogP contribution in [0.25, 0.3) is 0 Å². The predicted molar refractivity (Wildman–Crippen MR) is 142 cm³/mol. The Bertz CT molecular complexity index is 1260. The number of benzene rings is 2. The van der Waals surface area contributed by atoms with E-state index in [-0.39, 0.29) is 35.9 Å². The molecule has 2 unspecified atom stereocenters. The number of ether oxygens (including phenoxy) is 1. The Morgan fingerprint density at radius 3 is 2.66 bits per heavy atom. The Labute approximate surface area is 222 Å². The van der Waals surface area contributed by atoms with E-state index in [0.29, 0.717) is 34.5 Å². The van der Waals surface area contributed by atoms with Crippen molar-refractivity contribution < 1.29 is 17.7 Å². The van der Waals surface area contributed by atoms with Gasteiger partial charge in [0.25, 0.3) is 0 Å². The molecule has 0 amide bonds. The van der Waals surface area contributed by atoms with Crippen molar-refractivity contribution in [3.8, 4) is 5.75 Å². The Balaban J connectivity index is 0.00000342. The van der Waals surface area contributed by atoms with Crippen molar-refractivity contribution in [3.63, 3.8) is 0 Å². The number of rotatable bonds is 9. The lowest BCUT2D eigenvalue weighted by molar-refractivity contribution is 0.316. The van der Waals surface area contributed by atoms with Gasteiger partial charge >= 0.3 is 0 Å². The second-order valence-electron chi connectivity index (χ2n) is 8.85. The van der Waals surface area contributed by atoms with Crippen molar-refractivity contribution in [2.75, 3.05) is 12.4 Å². The van der Waals surface area contributed by atoms with E-state index in [1.807, 2.05) is 30.3 Å². The molecule has 0 aliphatic heterocycles. The van der Waals surface area contributed by atoms with E-state index in [9.17, 15) is 8.42 Å². The molecule has 2 N–H and O–H groups in total. The van der Waals surface area contributed by atoms with Crippen LogP contribution in [0.5, 0.6) is 5.75 Å². The first kappa shape index (κ1) is 27.8. The molecule has 190 valence electrons. The van der Waals surface area contributed by atoms with Gasteiger partial charge < -0.3 is 15.0 Å². The van der Waals surface area contributed by atoms with Crippen molar-refractivity contribution in [1.29, 1.82) is 0 Å². The number of aryl methyl sites for hydroxylation is 2. The summed E-state index contributed by atoms with van der Waals surface area (Å²) < 4.78 is 35.5. The number of sulfone groups is 1. The van der Waals surface area contributed by atoms with Gasteiger partial charge in [0, 0.05) is 18.0 Å². The normalized spacial score (nSPS) is 17.5. The highest BCUT2D eigenvalue weighted by Gasteiger charge is 2.28. The van der Waals surface area contributed by atoms with Gasteiger partial charge in [-0.3, -0.25) is 0 Å². The largest absolute Gasteiger partial charge is 0.494 e. The molecule has 1 aliphatic carbocycles. The fourth-order valence-electron chi connectivity index (χ4n) is 4.42. The summed E-state index contributed by atoms with van der Waals surface area (Å²) in [5, 5.41) is 4.83. The zero-order valence-corrected chi connectivity index (χ0v) is 22.5. The van der Waals surface area contributed by atoms with Crippen molar-refractivity contribution in [2.24, 2.45) is 5.73 Å². The van der Waals surface area contributed by atoms with Crippen LogP contribution in [0, 0.1) is 6.92 Å². The van der Waals surface area contributed by atoms with Crippen molar-refractivity contribution in [3.05, 3.63) is 80.7 Å². The van der Waals surface area contributed by atoms with E-state index in [1.54, 1.807) is 13.0 Å². The van der Waals surface area contributed by atoms with Crippen LogP contribution in [0.15, 0.2) is 47.0 Å². The van der Waals surface area contributed by atoms with Crippen LogP contribution in [0.2, 0.25) is 10.0 Å². The van der Waals surface area contributed by atoms with Crippen LogP contribution < -0.4 is 10.5 Å². The maximum absolute atomic E-state index is 12.3. The lowest BCUT2D eigenvalue weighted by Crippen LogP contribution is -2.34. The topological polar surface area (TPSA) is 95.4 Å². The number of hydrogen-bond donors (Lipinski definition) is 1. The predicted octanol–water partition coefficient (Wildman–Crippen LogP) is 5.70. The zero-order chi connectivity index (χ0) is 24.3. The van der Waals surface area contributed by atoms with Crippen LogP contribution in [-0.2, 0) is 28.4 Å². The van der Waals surface area contributed by atoms with E-state index in [0.717, 1.165) is 30.6 Å². The zero-order valence-electron chi connectivity index (χ0n) is 19.4. The average molecular weight is 560 g/mol. The Morgan fingerprint density at radius 1 is 1.14 bits per heavy atom. The SMILES string of the molecule is Cc1cc(CS(=O)(=O)CCCOc2ccc3c(c2)C(Cc2ccc(Cl)c(Cl)c2)C(N)CC3)no1.Cl. The smallest absolute Gasteiger partial charge is 0.156 e. The molecule has 0 saturated carbocycles. The molecule has 6 nitrogen and oxygen atoms in total. The van der Waals surface area contributed by atoms with Crippen molar-refractivity contribution in [1.82, 2.24) is 5.16 Å². The number of nitrogens with two attached hydrogens (primary N) is 1. The highest BCUT2D eigenvalue weighted by atomic mass is 35.5. The third kappa shape index (κ3) is 7.37. The highest BCUT2D eigenvalue weighted by molar-refractivity contribution is 7.90. The van der Waals surface area contributed by atoms with Gasteiger partial charge in [-0.1, -0.05) is 40.5 Å². The minimum Gasteiger partial charge on any atom is -0.494 e. The maximum atomic E-state index is 12.3. The highest BCUT2D eigenvalue weighted by Crippen LogP contribution is 2.36. The van der Waals surface area contributed by atoms with Crippen LogP contribution in [0.4, 0.5) is 0 Å². The fourth-order valence-corrected chi connectivity index (χ4v) is 6.03. The molecule has 2 aromatic carbocycles. The first-order chi connectivity index (χ1) is 16.2. The Morgan fingerprint density at radius 2 is 1.94 bits per heavy atom. The summed E-state index contributed by atoms with van der Waals surface area (Å²) in [6.45, 7) is 2.04. The van der Waals surface area contributed by atoms with Gasteiger partial charge in [0.05, 0.1) is 33.9 Å². The summed E-state index contributed by atoms with van der Waals surface area (Å²) in [6, 6.07) is 13.4. The summed E-state index contributed by atoms with van der Waals surface area (Å²) >= 11 is 12.3. The van der Waals surface area contributed by atoms with Crippen molar-refractivity contribution >= 4 is 45.4 Å². The second kappa shape index (κ2) is 12.0. The summed E-state index contributed by atoms with van der Waals surface area (Å²) in [5.41, 5.74) is 10.5. The van der Waals surface area contributed by atoms with Gasteiger partial charge in [-0.05, 0) is 73.6 Å². The molecule has 3 aromatic rings. The molecular weight excluding hydrogens is 531 g/mol. The Kier molecular flexibility index (Phi) is 9.52. The van der Waals surface area contributed by atoms with Crippen molar-refractivity contribution in [2.45, 2.75) is 50.3 Å². The number of nitrogens with zero attached hydrogens (tertiary/aromatic N) is 1. The van der Waals surface area contributed by atoms with Gasteiger partial charge in [-0.25, -0.2) is 8.42 Å². The summed E-state index contributed by atoms with van der Waals surface area (Å²) in [6.07, 6.45) is 2.99. The molecule has 0 fully saturated rings. The Hall–Kier alpha value is -1.77. The van der Waals surface area contributed by atoms with Crippen LogP contribution in [0.3, 0.4) is 0 Å². The molecule has 0 saturated heterocycles. The second-order valence-corrected chi connectivity index (χ2v) is 11.8. The lowest BCUT2D eigenvalue weighted by atomic mass is 9.76. The molecule has 2 atom stereocenters. The van der Waals surface area contributed by atoms with Gasteiger partial charge in [-0.2, -0.15) is 0 Å². The summed E-state index contributed by atoms with van der Waals surface area (Å²) in [7, 11) is -3.29. The fraction of sp³-hybridized carbons (Fsp3) is 0.400. The van der Waals surface area contributed by atoms with Gasteiger partial charge in [0.15, 0.2) is 9.84 Å². The minimum atomic E-state index is -3.29. The maximum Gasteiger partial charge on any atom is 0.156 e. The number of aromatic nitrogens is 1. The molecule has 10 heteroatoms. The third-order valence-electron chi connectivity index (χ3n) is 6.13. The molecular formula is C25H29Cl3N2O4S. The molecule has 1 aliphatic rings. The quantitative estimate of drug-likeness (QED) is 0.338. The van der Waals surface area contributed by atoms with Gasteiger partial charge in [0.2, 0.25) is 0 Å². The molecule has 1 heterocycles. The third-order valence-corrected chi connectivity index (χ3v) is 8.52. The van der Waals surface area contributed by atoms with E-state index in [2.05, 4.69) is 11.2 Å². The molecule has 0 spiro atoms. The number of halogens is 3. The minimum absolute atomic E-state index is 0. The first-order valence-electron chi connectivity index (χ1n) is 11.3. The molecule has 35 heavy (non-hydrogen) atoms. The molecule has 1 aromatic heterocycles. The van der Waals surface area contributed by atoms with Gasteiger partial charge in [0.1, 0.15) is 11.5 Å². The molecule has 0 radical (unpaired) electrons. The van der Waals surface area contributed by atoms with E-state index < -0.39 is 9.84 Å². The summed E-state index contributed by atoms with van der Waals surface area (Å²) in [4.78, 5) is 0.